The van der Waals surface area contributed by atoms with E-state index in [0.717, 1.165) is 16.8 Å². The van der Waals surface area contributed by atoms with Crippen LogP contribution >= 0.6 is 23.2 Å². The second-order valence-electron chi connectivity index (χ2n) is 7.83. The van der Waals surface area contributed by atoms with Gasteiger partial charge in [-0.1, -0.05) is 23.2 Å². The van der Waals surface area contributed by atoms with Crippen molar-refractivity contribution in [1.82, 2.24) is 0 Å². The number of carboxylic acids is 2. The van der Waals surface area contributed by atoms with Crippen molar-refractivity contribution in [3.63, 3.8) is 0 Å². The molecule has 4 rings (SSSR count). The normalized spacial score (nSPS) is 11.9. The van der Waals surface area contributed by atoms with Crippen molar-refractivity contribution in [1.29, 1.82) is 0 Å². The van der Waals surface area contributed by atoms with Gasteiger partial charge in [0.05, 0.1) is 26.5 Å². The molecule has 3 N–H and O–H groups in total. The molecule has 7 nitrogen and oxygen atoms in total. The van der Waals surface area contributed by atoms with Gasteiger partial charge in [0.15, 0.2) is 0 Å². The van der Waals surface area contributed by atoms with Crippen molar-refractivity contribution in [3.8, 4) is 22.5 Å². The summed E-state index contributed by atoms with van der Waals surface area (Å²) in [6.45, 7) is 3.79. The molecule has 0 bridgehead atoms. The van der Waals surface area contributed by atoms with Crippen LogP contribution in [-0.4, -0.2) is 36.2 Å². The molecule has 0 saturated heterocycles. The Bertz CT molecular complexity index is 1560. The minimum Gasteiger partial charge on any atom is -0.478 e. The van der Waals surface area contributed by atoms with Gasteiger partial charge in [-0.3, -0.25) is 4.99 Å². The SMILES string of the molecule is C/N=c1/cc2oc3cc(NC)c(C)cc3c(-c3c(Cl)cc(C(=O)O)c(Cl)c3C(=O)O)c-2cc1C. The molecular formula is C25H20Cl2N2O5. The first-order valence-electron chi connectivity index (χ1n) is 10.2. The summed E-state index contributed by atoms with van der Waals surface area (Å²) in [5, 5.41) is 23.6. The molecule has 0 amide bonds. The Hall–Kier alpha value is -3.55. The standard InChI is InChI=1S/C25H20Cl2N2O5/c1-10-5-12-18(8-16(10)28-3)34-19-9-17(29-4)11(2)6-13(19)20(12)21-15(26)7-14(24(30)31)23(27)22(21)25(32)33/h5-9,28H,1-4H3,(H,30,31)(H,32,33)/b29-17-. The lowest BCUT2D eigenvalue weighted by Gasteiger charge is -2.21. The van der Waals surface area contributed by atoms with Gasteiger partial charge in [-0.05, 0) is 43.2 Å². The maximum atomic E-state index is 12.4. The number of aromatic carboxylic acids is 2. The van der Waals surface area contributed by atoms with Crippen LogP contribution in [0.3, 0.4) is 0 Å². The van der Waals surface area contributed by atoms with Crippen LogP contribution in [0.25, 0.3) is 33.4 Å². The maximum Gasteiger partial charge on any atom is 0.337 e. The molecule has 0 fully saturated rings. The third-order valence-electron chi connectivity index (χ3n) is 5.80. The predicted molar refractivity (Wildman–Crippen MR) is 133 cm³/mol. The summed E-state index contributed by atoms with van der Waals surface area (Å²) in [7, 11) is 3.46. The third-order valence-corrected chi connectivity index (χ3v) is 6.49. The average molecular weight is 499 g/mol. The second kappa shape index (κ2) is 8.66. The zero-order valence-electron chi connectivity index (χ0n) is 18.7. The van der Waals surface area contributed by atoms with Crippen molar-refractivity contribution in [2.75, 3.05) is 19.4 Å². The minimum atomic E-state index is -1.40. The first-order chi connectivity index (χ1) is 16.1. The van der Waals surface area contributed by atoms with Crippen molar-refractivity contribution in [2.24, 2.45) is 4.99 Å². The number of hydrogen-bond acceptors (Lipinski definition) is 5. The Morgan fingerprint density at radius 2 is 1.68 bits per heavy atom. The van der Waals surface area contributed by atoms with Gasteiger partial charge in [0.1, 0.15) is 11.3 Å². The van der Waals surface area contributed by atoms with E-state index < -0.39 is 22.5 Å². The van der Waals surface area contributed by atoms with Crippen LogP contribution in [0.2, 0.25) is 10.0 Å². The van der Waals surface area contributed by atoms with Crippen LogP contribution in [0.15, 0.2) is 39.7 Å². The Balaban J connectivity index is 2.31. The van der Waals surface area contributed by atoms with Crippen molar-refractivity contribution in [3.05, 3.63) is 68.0 Å². The van der Waals surface area contributed by atoms with Crippen molar-refractivity contribution in [2.45, 2.75) is 13.8 Å². The smallest absolute Gasteiger partial charge is 0.337 e. The van der Waals surface area contributed by atoms with Crippen LogP contribution in [-0.2, 0) is 0 Å². The summed E-state index contributed by atoms with van der Waals surface area (Å²) < 4.78 is 6.22. The number of halogens is 2. The molecule has 0 aromatic heterocycles. The summed E-state index contributed by atoms with van der Waals surface area (Å²) in [6.07, 6.45) is 0. The number of carbonyl (C=O) groups is 2. The molecule has 2 aromatic rings. The van der Waals surface area contributed by atoms with Crippen LogP contribution in [0.1, 0.15) is 31.8 Å². The van der Waals surface area contributed by atoms with E-state index in [-0.39, 0.29) is 16.1 Å². The highest BCUT2D eigenvalue weighted by Crippen LogP contribution is 2.47. The quantitative estimate of drug-likeness (QED) is 0.293. The molecule has 0 atom stereocenters. The van der Waals surface area contributed by atoms with Gasteiger partial charge in [0, 0.05) is 54.0 Å². The van der Waals surface area contributed by atoms with Gasteiger partial charge in [0.2, 0.25) is 0 Å². The average Bonchev–Trinajstić information content (AvgIpc) is 2.78. The second-order valence-corrected chi connectivity index (χ2v) is 8.61. The molecular weight excluding hydrogens is 479 g/mol. The molecule has 1 aliphatic carbocycles. The molecule has 0 spiro atoms. The van der Waals surface area contributed by atoms with Gasteiger partial charge >= 0.3 is 11.9 Å². The number of anilines is 1. The van der Waals surface area contributed by atoms with Crippen LogP contribution in [0.4, 0.5) is 5.69 Å². The lowest BCUT2D eigenvalue weighted by Crippen LogP contribution is -2.10. The maximum absolute atomic E-state index is 12.4. The lowest BCUT2D eigenvalue weighted by atomic mass is 9.88. The van der Waals surface area contributed by atoms with Crippen molar-refractivity contribution < 1.29 is 24.2 Å². The number of benzene rings is 3. The number of aryl methyl sites for hydroxylation is 2. The monoisotopic (exact) mass is 498 g/mol. The zero-order chi connectivity index (χ0) is 24.9. The van der Waals surface area contributed by atoms with E-state index in [4.69, 9.17) is 27.6 Å². The van der Waals surface area contributed by atoms with E-state index in [1.807, 2.05) is 32.0 Å². The Kier molecular flexibility index (Phi) is 6.02. The van der Waals surface area contributed by atoms with Gasteiger partial charge in [0.25, 0.3) is 0 Å². The number of hydrogen-bond donors (Lipinski definition) is 3. The Labute approximate surface area is 204 Å². The van der Waals surface area contributed by atoms with Crippen LogP contribution in [0.5, 0.6) is 0 Å². The lowest BCUT2D eigenvalue weighted by molar-refractivity contribution is 0.0696. The zero-order valence-corrected chi connectivity index (χ0v) is 20.2. The largest absolute Gasteiger partial charge is 0.478 e. The molecule has 0 saturated carbocycles. The van der Waals surface area contributed by atoms with E-state index in [9.17, 15) is 19.8 Å². The van der Waals surface area contributed by atoms with Crippen LogP contribution in [0, 0.1) is 13.8 Å². The Morgan fingerprint density at radius 3 is 2.26 bits per heavy atom. The molecule has 0 unspecified atom stereocenters. The first kappa shape index (κ1) is 23.6. The number of rotatable bonds is 4. The van der Waals surface area contributed by atoms with E-state index >= 15 is 0 Å². The number of nitrogens with zero attached hydrogens (tertiary/aromatic N) is 1. The minimum absolute atomic E-state index is 0.0507. The van der Waals surface area contributed by atoms with E-state index in [1.165, 1.54) is 6.07 Å². The molecule has 174 valence electrons. The van der Waals surface area contributed by atoms with Gasteiger partial charge in [-0.15, -0.1) is 0 Å². The molecule has 2 aliphatic rings. The summed E-state index contributed by atoms with van der Waals surface area (Å²) in [5.41, 5.74) is 3.46. The fourth-order valence-electron chi connectivity index (χ4n) is 4.20. The summed E-state index contributed by atoms with van der Waals surface area (Å²) in [4.78, 5) is 28.3. The van der Waals surface area contributed by atoms with Gasteiger partial charge < -0.3 is 19.9 Å². The molecule has 1 aliphatic heterocycles. The van der Waals surface area contributed by atoms with E-state index in [2.05, 4.69) is 10.3 Å². The third kappa shape index (κ3) is 3.67. The van der Waals surface area contributed by atoms with Crippen molar-refractivity contribution >= 4 is 51.8 Å². The van der Waals surface area contributed by atoms with E-state index in [0.29, 0.717) is 33.2 Å². The van der Waals surface area contributed by atoms with Crippen LogP contribution < -0.4 is 10.7 Å². The predicted octanol–water partition coefficient (Wildman–Crippen LogP) is 6.10. The highest BCUT2D eigenvalue weighted by molar-refractivity contribution is 6.41. The summed E-state index contributed by atoms with van der Waals surface area (Å²) in [6, 6.07) is 8.48. The number of nitrogens with one attached hydrogen (secondary N) is 1. The highest BCUT2D eigenvalue weighted by Gasteiger charge is 2.29. The molecule has 9 heteroatoms. The van der Waals surface area contributed by atoms with Gasteiger partial charge in [-0.2, -0.15) is 0 Å². The molecule has 1 heterocycles. The molecule has 2 aromatic carbocycles. The fourth-order valence-corrected chi connectivity index (χ4v) is 4.80. The number of fused-ring (bicyclic) bond motifs is 2. The molecule has 0 radical (unpaired) electrons. The summed E-state index contributed by atoms with van der Waals surface area (Å²) in [5.74, 6) is -2.31. The molecule has 34 heavy (non-hydrogen) atoms. The topological polar surface area (TPSA) is 112 Å². The fraction of sp³-hybridized carbons (Fsp3) is 0.160. The van der Waals surface area contributed by atoms with E-state index in [1.54, 1.807) is 20.2 Å². The first-order valence-corrected chi connectivity index (χ1v) is 11.0. The summed E-state index contributed by atoms with van der Waals surface area (Å²) >= 11 is 12.9. The Morgan fingerprint density at radius 1 is 0.971 bits per heavy atom. The highest BCUT2D eigenvalue weighted by atomic mass is 35.5. The van der Waals surface area contributed by atoms with Gasteiger partial charge in [-0.25, -0.2) is 9.59 Å². The number of carboxylic acid groups (broad SMARTS) is 2.